The molecule has 0 unspecified atom stereocenters. The van der Waals surface area contributed by atoms with Crippen molar-refractivity contribution in [3.05, 3.63) is 41.8 Å². The highest BCUT2D eigenvalue weighted by molar-refractivity contribution is 5.59. The summed E-state index contributed by atoms with van der Waals surface area (Å²) in [6.45, 7) is 1.99. The Labute approximate surface area is 75.4 Å². The zero-order valence-electron chi connectivity index (χ0n) is 7.21. The van der Waals surface area contributed by atoms with Crippen molar-refractivity contribution < 1.29 is 4.39 Å². The molecule has 66 valence electrons. The van der Waals surface area contributed by atoms with Crippen molar-refractivity contribution in [1.82, 2.24) is 10.2 Å². The standard InChI is InChI=1S/C10H9FN2/c1-7-2-4-8(5-3-7)10-9(11)6-12-13-10/h2-6H,1H3,(H,12,13). The highest BCUT2D eigenvalue weighted by atomic mass is 19.1. The molecule has 0 atom stereocenters. The first-order chi connectivity index (χ1) is 6.27. The van der Waals surface area contributed by atoms with Gasteiger partial charge in [-0.15, -0.1) is 0 Å². The molecule has 0 bridgehead atoms. The van der Waals surface area contributed by atoms with Crippen molar-refractivity contribution in [2.45, 2.75) is 6.92 Å². The molecule has 0 aliphatic heterocycles. The van der Waals surface area contributed by atoms with E-state index in [1.165, 1.54) is 6.20 Å². The number of aromatic nitrogens is 2. The number of rotatable bonds is 1. The topological polar surface area (TPSA) is 28.7 Å². The van der Waals surface area contributed by atoms with Crippen LogP contribution in [0.1, 0.15) is 5.56 Å². The predicted molar refractivity (Wildman–Crippen MR) is 48.7 cm³/mol. The van der Waals surface area contributed by atoms with Gasteiger partial charge < -0.3 is 0 Å². The van der Waals surface area contributed by atoms with Gasteiger partial charge in [-0.3, -0.25) is 5.10 Å². The third-order valence-electron chi connectivity index (χ3n) is 1.93. The zero-order chi connectivity index (χ0) is 9.26. The van der Waals surface area contributed by atoms with Gasteiger partial charge in [-0.05, 0) is 6.92 Å². The first-order valence-electron chi connectivity index (χ1n) is 4.03. The Hall–Kier alpha value is -1.64. The molecule has 0 aliphatic carbocycles. The van der Waals surface area contributed by atoms with Gasteiger partial charge in [0.2, 0.25) is 0 Å². The summed E-state index contributed by atoms with van der Waals surface area (Å²) in [6, 6.07) is 7.61. The van der Waals surface area contributed by atoms with E-state index in [1.54, 1.807) is 0 Å². The molecular formula is C10H9FN2. The van der Waals surface area contributed by atoms with Gasteiger partial charge in [0.05, 0.1) is 6.20 Å². The van der Waals surface area contributed by atoms with Crippen LogP contribution in [0.3, 0.4) is 0 Å². The quantitative estimate of drug-likeness (QED) is 0.710. The number of aromatic amines is 1. The molecule has 1 aromatic heterocycles. The molecule has 3 heteroatoms. The van der Waals surface area contributed by atoms with Gasteiger partial charge >= 0.3 is 0 Å². The molecule has 0 amide bonds. The number of nitrogens with one attached hydrogen (secondary N) is 1. The van der Waals surface area contributed by atoms with Crippen molar-refractivity contribution in [2.24, 2.45) is 0 Å². The molecular weight excluding hydrogens is 167 g/mol. The fourth-order valence-electron chi connectivity index (χ4n) is 1.19. The maximum atomic E-state index is 13.0. The van der Waals surface area contributed by atoms with Gasteiger partial charge in [0.25, 0.3) is 0 Å². The van der Waals surface area contributed by atoms with Crippen molar-refractivity contribution in [1.29, 1.82) is 0 Å². The van der Waals surface area contributed by atoms with Crippen molar-refractivity contribution in [2.75, 3.05) is 0 Å². The second-order valence-electron chi connectivity index (χ2n) is 2.96. The lowest BCUT2D eigenvalue weighted by Gasteiger charge is -1.97. The molecule has 1 N–H and O–H groups in total. The Morgan fingerprint density at radius 1 is 1.23 bits per heavy atom. The maximum Gasteiger partial charge on any atom is 0.168 e. The van der Waals surface area contributed by atoms with Gasteiger partial charge in [0.15, 0.2) is 5.82 Å². The van der Waals surface area contributed by atoms with Crippen LogP contribution in [0.2, 0.25) is 0 Å². The minimum atomic E-state index is -0.316. The zero-order valence-corrected chi connectivity index (χ0v) is 7.21. The predicted octanol–water partition coefficient (Wildman–Crippen LogP) is 2.52. The third-order valence-corrected chi connectivity index (χ3v) is 1.93. The average Bonchev–Trinajstić information content (AvgIpc) is 2.53. The summed E-state index contributed by atoms with van der Waals surface area (Å²) in [7, 11) is 0. The summed E-state index contributed by atoms with van der Waals surface area (Å²) in [5.74, 6) is -0.316. The van der Waals surface area contributed by atoms with E-state index in [2.05, 4.69) is 10.2 Å². The van der Waals surface area contributed by atoms with Gasteiger partial charge in [-0.1, -0.05) is 29.8 Å². The highest BCUT2D eigenvalue weighted by Gasteiger charge is 2.05. The first kappa shape index (κ1) is 7.98. The number of hydrogen-bond acceptors (Lipinski definition) is 1. The van der Waals surface area contributed by atoms with E-state index in [9.17, 15) is 4.39 Å². The van der Waals surface area contributed by atoms with E-state index >= 15 is 0 Å². The smallest absolute Gasteiger partial charge is 0.168 e. The van der Waals surface area contributed by atoms with E-state index in [1.807, 2.05) is 31.2 Å². The number of halogens is 1. The van der Waals surface area contributed by atoms with Crippen molar-refractivity contribution >= 4 is 0 Å². The fraction of sp³-hybridized carbons (Fsp3) is 0.100. The maximum absolute atomic E-state index is 13.0. The van der Waals surface area contributed by atoms with Gasteiger partial charge in [0, 0.05) is 5.56 Å². The molecule has 0 radical (unpaired) electrons. The van der Waals surface area contributed by atoms with Crippen molar-refractivity contribution in [3.63, 3.8) is 0 Å². The van der Waals surface area contributed by atoms with Crippen LogP contribution in [0, 0.1) is 12.7 Å². The van der Waals surface area contributed by atoms with Crippen LogP contribution in [0.5, 0.6) is 0 Å². The Kier molecular flexibility index (Phi) is 1.85. The first-order valence-corrected chi connectivity index (χ1v) is 4.03. The van der Waals surface area contributed by atoms with Crippen LogP contribution < -0.4 is 0 Å². The monoisotopic (exact) mass is 176 g/mol. The van der Waals surface area contributed by atoms with E-state index in [4.69, 9.17) is 0 Å². The summed E-state index contributed by atoms with van der Waals surface area (Å²) < 4.78 is 13.0. The Morgan fingerprint density at radius 2 is 1.92 bits per heavy atom. The van der Waals surface area contributed by atoms with Crippen LogP contribution >= 0.6 is 0 Å². The number of hydrogen-bond donors (Lipinski definition) is 1. The summed E-state index contributed by atoms with van der Waals surface area (Å²) in [5.41, 5.74) is 2.42. The van der Waals surface area contributed by atoms with E-state index < -0.39 is 0 Å². The van der Waals surface area contributed by atoms with Gasteiger partial charge in [-0.25, -0.2) is 4.39 Å². The molecule has 2 rings (SSSR count). The molecule has 0 saturated carbocycles. The molecule has 2 nitrogen and oxygen atoms in total. The number of nitrogens with zero attached hydrogens (tertiary/aromatic N) is 1. The normalized spacial score (nSPS) is 10.3. The minimum Gasteiger partial charge on any atom is -0.275 e. The molecule has 2 aromatic rings. The van der Waals surface area contributed by atoms with E-state index in [0.29, 0.717) is 5.69 Å². The van der Waals surface area contributed by atoms with Crippen LogP contribution in [-0.2, 0) is 0 Å². The van der Waals surface area contributed by atoms with Crippen LogP contribution in [0.4, 0.5) is 4.39 Å². The number of benzene rings is 1. The molecule has 1 aromatic carbocycles. The lowest BCUT2D eigenvalue weighted by Crippen LogP contribution is -1.81. The number of H-pyrrole nitrogens is 1. The summed E-state index contributed by atoms with van der Waals surface area (Å²) in [4.78, 5) is 0. The van der Waals surface area contributed by atoms with Crippen LogP contribution in [-0.4, -0.2) is 10.2 Å². The van der Waals surface area contributed by atoms with Crippen molar-refractivity contribution in [3.8, 4) is 11.3 Å². The van der Waals surface area contributed by atoms with Gasteiger partial charge in [-0.2, -0.15) is 5.10 Å². The lowest BCUT2D eigenvalue weighted by molar-refractivity contribution is 0.632. The molecule has 13 heavy (non-hydrogen) atoms. The fourth-order valence-corrected chi connectivity index (χ4v) is 1.19. The highest BCUT2D eigenvalue weighted by Crippen LogP contribution is 2.19. The minimum absolute atomic E-state index is 0.316. The molecule has 0 saturated heterocycles. The Balaban J connectivity index is 2.47. The van der Waals surface area contributed by atoms with Crippen LogP contribution in [0.15, 0.2) is 30.5 Å². The largest absolute Gasteiger partial charge is 0.275 e. The van der Waals surface area contributed by atoms with E-state index in [-0.39, 0.29) is 5.82 Å². The Morgan fingerprint density at radius 3 is 2.46 bits per heavy atom. The van der Waals surface area contributed by atoms with E-state index in [0.717, 1.165) is 11.1 Å². The third kappa shape index (κ3) is 1.45. The van der Waals surface area contributed by atoms with Gasteiger partial charge in [0.1, 0.15) is 5.69 Å². The Bertz CT molecular complexity index is 403. The summed E-state index contributed by atoms with van der Waals surface area (Å²) in [5, 5.41) is 6.24. The summed E-state index contributed by atoms with van der Waals surface area (Å²) in [6.07, 6.45) is 1.18. The van der Waals surface area contributed by atoms with Crippen LogP contribution in [0.25, 0.3) is 11.3 Å². The summed E-state index contributed by atoms with van der Waals surface area (Å²) >= 11 is 0. The molecule has 0 spiro atoms. The molecule has 0 fully saturated rings. The second kappa shape index (κ2) is 3.01. The molecule has 1 heterocycles. The molecule has 0 aliphatic rings. The average molecular weight is 176 g/mol. The number of aryl methyl sites for hydroxylation is 1. The lowest BCUT2D eigenvalue weighted by atomic mass is 10.1. The second-order valence-corrected chi connectivity index (χ2v) is 2.96. The SMILES string of the molecule is Cc1ccc(-c2[nH]ncc2F)cc1.